The first-order chi connectivity index (χ1) is 10.6. The second kappa shape index (κ2) is 11.5. The van der Waals surface area contributed by atoms with Crippen LogP contribution in [0.5, 0.6) is 5.75 Å². The standard InChI is InChI=1S/C15H20I2O5/c1-11-9-13(16)12(10-18)14(17)15(11)22-8-7-21-6-5-20-4-3-19-2/h9-10H,3-8H2,1-2H3. The Labute approximate surface area is 158 Å². The van der Waals surface area contributed by atoms with Gasteiger partial charge in [0.15, 0.2) is 6.29 Å². The van der Waals surface area contributed by atoms with Crippen LogP contribution in [0.25, 0.3) is 0 Å². The van der Waals surface area contributed by atoms with E-state index in [0.29, 0.717) is 45.2 Å². The maximum absolute atomic E-state index is 11.1. The quantitative estimate of drug-likeness (QED) is 0.249. The van der Waals surface area contributed by atoms with Crippen LogP contribution in [0.15, 0.2) is 6.07 Å². The van der Waals surface area contributed by atoms with Gasteiger partial charge < -0.3 is 18.9 Å². The number of carbonyl (C=O) groups excluding carboxylic acids is 1. The van der Waals surface area contributed by atoms with Gasteiger partial charge in [0.25, 0.3) is 0 Å². The minimum atomic E-state index is 0.438. The molecule has 0 aliphatic rings. The molecule has 0 amide bonds. The van der Waals surface area contributed by atoms with Crippen molar-refractivity contribution in [3.63, 3.8) is 0 Å². The molecule has 0 bridgehead atoms. The molecule has 0 spiro atoms. The number of halogens is 2. The maximum Gasteiger partial charge on any atom is 0.152 e. The number of carbonyl (C=O) groups is 1. The average molecular weight is 534 g/mol. The summed E-state index contributed by atoms with van der Waals surface area (Å²) in [6, 6.07) is 1.95. The van der Waals surface area contributed by atoms with Crippen LogP contribution in [-0.2, 0) is 14.2 Å². The third-order valence-electron chi connectivity index (χ3n) is 2.79. The van der Waals surface area contributed by atoms with E-state index in [9.17, 15) is 4.79 Å². The molecule has 5 nitrogen and oxygen atoms in total. The summed E-state index contributed by atoms with van der Waals surface area (Å²) in [5.74, 6) is 0.753. The Kier molecular flexibility index (Phi) is 10.5. The molecule has 1 rings (SSSR count). The lowest BCUT2D eigenvalue weighted by molar-refractivity contribution is 0.0178. The van der Waals surface area contributed by atoms with Gasteiger partial charge in [-0.25, -0.2) is 0 Å². The number of aryl methyl sites for hydroxylation is 1. The summed E-state index contributed by atoms with van der Waals surface area (Å²) in [5.41, 5.74) is 1.69. The van der Waals surface area contributed by atoms with E-state index in [1.54, 1.807) is 7.11 Å². The topological polar surface area (TPSA) is 54.0 Å². The molecule has 0 fully saturated rings. The van der Waals surface area contributed by atoms with Crippen molar-refractivity contribution in [3.05, 3.63) is 24.3 Å². The number of hydrogen-bond donors (Lipinski definition) is 0. The van der Waals surface area contributed by atoms with Gasteiger partial charge in [-0.05, 0) is 63.7 Å². The lowest BCUT2D eigenvalue weighted by Crippen LogP contribution is -2.13. The second-order valence-electron chi connectivity index (χ2n) is 4.42. The molecule has 7 heteroatoms. The fraction of sp³-hybridized carbons (Fsp3) is 0.533. The van der Waals surface area contributed by atoms with Gasteiger partial charge in [-0.15, -0.1) is 0 Å². The maximum atomic E-state index is 11.1. The Morgan fingerprint density at radius 2 is 1.64 bits per heavy atom. The number of aldehydes is 1. The first-order valence-electron chi connectivity index (χ1n) is 6.82. The van der Waals surface area contributed by atoms with Crippen molar-refractivity contribution in [1.82, 2.24) is 0 Å². The fourth-order valence-electron chi connectivity index (χ4n) is 1.69. The molecule has 0 N–H and O–H groups in total. The molecule has 124 valence electrons. The molecule has 0 atom stereocenters. The zero-order chi connectivity index (χ0) is 16.4. The lowest BCUT2D eigenvalue weighted by Gasteiger charge is -2.14. The summed E-state index contributed by atoms with van der Waals surface area (Å²) in [6.45, 7) is 5.11. The van der Waals surface area contributed by atoms with Crippen LogP contribution in [0.1, 0.15) is 15.9 Å². The Balaban J connectivity index is 2.32. The zero-order valence-electron chi connectivity index (χ0n) is 12.7. The molecule has 1 aromatic rings. The molecule has 0 aliphatic carbocycles. The van der Waals surface area contributed by atoms with Crippen LogP contribution in [0.2, 0.25) is 0 Å². The van der Waals surface area contributed by atoms with E-state index in [1.807, 2.05) is 13.0 Å². The highest BCUT2D eigenvalue weighted by molar-refractivity contribution is 14.1. The van der Waals surface area contributed by atoms with Gasteiger partial charge in [0.05, 0.1) is 36.6 Å². The minimum absolute atomic E-state index is 0.438. The monoisotopic (exact) mass is 534 g/mol. The molecule has 0 radical (unpaired) electrons. The van der Waals surface area contributed by atoms with Gasteiger partial charge in [0, 0.05) is 16.2 Å². The van der Waals surface area contributed by atoms with E-state index in [4.69, 9.17) is 18.9 Å². The van der Waals surface area contributed by atoms with E-state index < -0.39 is 0 Å². The van der Waals surface area contributed by atoms with Crippen LogP contribution < -0.4 is 4.74 Å². The summed E-state index contributed by atoms with van der Waals surface area (Å²) < 4.78 is 23.1. The van der Waals surface area contributed by atoms with Crippen molar-refractivity contribution >= 4 is 51.5 Å². The summed E-state index contributed by atoms with van der Waals surface area (Å²) in [4.78, 5) is 11.1. The van der Waals surface area contributed by atoms with E-state index in [-0.39, 0.29) is 0 Å². The molecule has 0 saturated heterocycles. The Bertz CT molecular complexity index is 479. The van der Waals surface area contributed by atoms with E-state index in [1.165, 1.54) is 0 Å². The van der Waals surface area contributed by atoms with Crippen molar-refractivity contribution in [2.75, 3.05) is 46.8 Å². The second-order valence-corrected chi connectivity index (χ2v) is 6.66. The predicted octanol–water partition coefficient (Wildman–Crippen LogP) is 3.08. The molecular weight excluding hydrogens is 514 g/mol. The van der Waals surface area contributed by atoms with Gasteiger partial charge in [-0.1, -0.05) is 0 Å². The fourth-order valence-corrected chi connectivity index (χ4v) is 4.06. The van der Waals surface area contributed by atoms with Crippen molar-refractivity contribution < 1.29 is 23.7 Å². The zero-order valence-corrected chi connectivity index (χ0v) is 17.0. The molecule has 0 heterocycles. The third-order valence-corrected chi connectivity index (χ3v) is 4.75. The predicted molar refractivity (Wildman–Crippen MR) is 101 cm³/mol. The van der Waals surface area contributed by atoms with Gasteiger partial charge in [0.2, 0.25) is 0 Å². The molecule has 0 unspecified atom stereocenters. The first kappa shape index (κ1) is 20.1. The largest absolute Gasteiger partial charge is 0.490 e. The number of methoxy groups -OCH3 is 1. The van der Waals surface area contributed by atoms with E-state index in [0.717, 1.165) is 24.7 Å². The van der Waals surface area contributed by atoms with Crippen LogP contribution >= 0.6 is 45.2 Å². The van der Waals surface area contributed by atoms with E-state index in [2.05, 4.69) is 45.2 Å². The summed E-state index contributed by atoms with van der Waals surface area (Å²) in [5, 5.41) is 0. The van der Waals surface area contributed by atoms with Gasteiger partial charge in [-0.2, -0.15) is 0 Å². The number of rotatable bonds is 11. The normalized spacial score (nSPS) is 10.7. The van der Waals surface area contributed by atoms with Gasteiger partial charge in [0.1, 0.15) is 12.4 Å². The van der Waals surface area contributed by atoms with Crippen molar-refractivity contribution in [3.8, 4) is 5.75 Å². The highest BCUT2D eigenvalue weighted by atomic mass is 127. The molecule has 0 aromatic heterocycles. The number of hydrogen-bond acceptors (Lipinski definition) is 5. The Hall–Kier alpha value is 0.0300. The van der Waals surface area contributed by atoms with Gasteiger partial charge >= 0.3 is 0 Å². The highest BCUT2D eigenvalue weighted by Gasteiger charge is 2.13. The molecule has 1 aromatic carbocycles. The first-order valence-corrected chi connectivity index (χ1v) is 8.98. The molecule has 0 aliphatic heterocycles. The lowest BCUT2D eigenvalue weighted by atomic mass is 10.1. The number of ether oxygens (including phenoxy) is 4. The third kappa shape index (κ3) is 6.65. The van der Waals surface area contributed by atoms with Gasteiger partial charge in [-0.3, -0.25) is 4.79 Å². The van der Waals surface area contributed by atoms with Crippen molar-refractivity contribution in [2.45, 2.75) is 6.92 Å². The van der Waals surface area contributed by atoms with Crippen molar-refractivity contribution in [1.29, 1.82) is 0 Å². The summed E-state index contributed by atoms with van der Waals surface area (Å²) in [6.07, 6.45) is 0.865. The van der Waals surface area contributed by atoms with Crippen LogP contribution in [-0.4, -0.2) is 53.0 Å². The van der Waals surface area contributed by atoms with E-state index >= 15 is 0 Å². The van der Waals surface area contributed by atoms with Crippen molar-refractivity contribution in [2.24, 2.45) is 0 Å². The average Bonchev–Trinajstić information content (AvgIpc) is 2.48. The number of benzene rings is 1. The SMILES string of the molecule is COCCOCCOCCOc1c(C)cc(I)c(C=O)c1I. The molecular formula is C15H20I2O5. The summed E-state index contributed by atoms with van der Waals surface area (Å²) in [7, 11) is 1.64. The Morgan fingerprint density at radius 3 is 2.23 bits per heavy atom. The molecule has 22 heavy (non-hydrogen) atoms. The summed E-state index contributed by atoms with van der Waals surface area (Å²) >= 11 is 4.30. The van der Waals surface area contributed by atoms with Crippen LogP contribution in [0, 0.1) is 14.1 Å². The minimum Gasteiger partial charge on any atom is -0.490 e. The molecule has 0 saturated carbocycles. The van der Waals surface area contributed by atoms with Crippen LogP contribution in [0.4, 0.5) is 0 Å². The van der Waals surface area contributed by atoms with Crippen LogP contribution in [0.3, 0.4) is 0 Å². The smallest absolute Gasteiger partial charge is 0.152 e. The Morgan fingerprint density at radius 1 is 1.05 bits per heavy atom. The highest BCUT2D eigenvalue weighted by Crippen LogP contribution is 2.31.